The summed E-state index contributed by atoms with van der Waals surface area (Å²) in [6.07, 6.45) is 37.8. The second-order valence-corrected chi connectivity index (χ2v) is 8.62. The van der Waals surface area contributed by atoms with Crippen molar-refractivity contribution >= 4 is 0 Å². The number of unbranched alkanes of at least 4 members (excludes halogenated alkanes) is 16. The highest BCUT2D eigenvalue weighted by atomic mass is 14.9. The van der Waals surface area contributed by atoms with Crippen molar-refractivity contribution in [3.63, 3.8) is 0 Å². The molecule has 0 amide bonds. The summed E-state index contributed by atoms with van der Waals surface area (Å²) >= 11 is 0. The zero-order chi connectivity index (χ0) is 20.8. The minimum atomic E-state index is 1.14. The third kappa shape index (κ3) is 15.3. The summed E-state index contributed by atoms with van der Waals surface area (Å²) in [6, 6.07) is 0. The summed E-state index contributed by atoms with van der Waals surface area (Å²) in [7, 11) is 0. The van der Waals surface area contributed by atoms with Crippen LogP contribution in [0.25, 0.3) is 0 Å². The Hall–Kier alpha value is -1.24. The van der Waals surface area contributed by atoms with Gasteiger partial charge < -0.3 is 0 Å². The molecule has 0 spiro atoms. The van der Waals surface area contributed by atoms with Gasteiger partial charge in [-0.3, -0.25) is 5.32 Å². The molecule has 0 fully saturated rings. The molecule has 1 radical (unpaired) electrons. The molecule has 1 heterocycles. The van der Waals surface area contributed by atoms with Crippen molar-refractivity contribution in [3.05, 3.63) is 47.9 Å². The SMILES string of the molecule is CCCCCCCCCCC=CC1=C(C=CCCCCCCCCCC)[N]C=C1. The fourth-order valence-electron chi connectivity index (χ4n) is 3.84. The van der Waals surface area contributed by atoms with Gasteiger partial charge in [0, 0.05) is 11.8 Å². The van der Waals surface area contributed by atoms with Gasteiger partial charge in [-0.15, -0.1) is 0 Å². The number of nitrogens with zero attached hydrogens (tertiary/aromatic N) is 1. The molecule has 0 unspecified atom stereocenters. The average Bonchev–Trinajstić information content (AvgIpc) is 3.18. The van der Waals surface area contributed by atoms with Gasteiger partial charge in [0.15, 0.2) is 0 Å². The van der Waals surface area contributed by atoms with Gasteiger partial charge >= 0.3 is 0 Å². The second kappa shape index (κ2) is 20.0. The summed E-state index contributed by atoms with van der Waals surface area (Å²) in [5, 5.41) is 4.52. The minimum absolute atomic E-state index is 1.14. The molecule has 0 aromatic heterocycles. The Morgan fingerprint density at radius 2 is 1.03 bits per heavy atom. The standard InChI is InChI=1S/C28H48N/c1-3-5-7-9-11-13-15-17-19-21-23-27-25-26-29-28(27)24-22-20-18-16-14-12-10-8-6-4-2/h21-26H,3-20H2,1-2H3. The van der Waals surface area contributed by atoms with E-state index >= 15 is 0 Å². The first-order valence-electron chi connectivity index (χ1n) is 12.8. The minimum Gasteiger partial charge on any atom is -0.256 e. The first kappa shape index (κ1) is 25.8. The highest BCUT2D eigenvalue weighted by molar-refractivity contribution is 5.44. The Balaban J connectivity index is 2.06. The van der Waals surface area contributed by atoms with Gasteiger partial charge in [0.1, 0.15) is 0 Å². The Bertz CT molecular complexity index is 481. The van der Waals surface area contributed by atoms with Crippen LogP contribution in [-0.2, 0) is 0 Å². The monoisotopic (exact) mass is 398 g/mol. The molecule has 1 heteroatoms. The summed E-state index contributed by atoms with van der Waals surface area (Å²) in [4.78, 5) is 0. The Labute approximate surface area is 182 Å². The summed E-state index contributed by atoms with van der Waals surface area (Å²) in [5.41, 5.74) is 2.41. The molecule has 0 N–H and O–H groups in total. The summed E-state index contributed by atoms with van der Waals surface area (Å²) < 4.78 is 0. The zero-order valence-electron chi connectivity index (χ0n) is 19.6. The van der Waals surface area contributed by atoms with Gasteiger partial charge in [0.2, 0.25) is 0 Å². The van der Waals surface area contributed by atoms with Crippen LogP contribution in [0.1, 0.15) is 129 Å². The lowest BCUT2D eigenvalue weighted by Crippen LogP contribution is -1.89. The van der Waals surface area contributed by atoms with Crippen LogP contribution in [0, 0.1) is 0 Å². The lowest BCUT2D eigenvalue weighted by Gasteiger charge is -2.01. The smallest absolute Gasteiger partial charge is 0.0699 e. The highest BCUT2D eigenvalue weighted by Crippen LogP contribution is 2.17. The van der Waals surface area contributed by atoms with Crippen molar-refractivity contribution < 1.29 is 0 Å². The molecule has 29 heavy (non-hydrogen) atoms. The van der Waals surface area contributed by atoms with E-state index in [-0.39, 0.29) is 0 Å². The molecule has 1 rings (SSSR count). The molecular weight excluding hydrogens is 350 g/mol. The van der Waals surface area contributed by atoms with Crippen molar-refractivity contribution in [2.24, 2.45) is 0 Å². The van der Waals surface area contributed by atoms with Gasteiger partial charge in [-0.2, -0.15) is 0 Å². The van der Waals surface area contributed by atoms with Crippen molar-refractivity contribution in [1.29, 1.82) is 0 Å². The maximum absolute atomic E-state index is 4.52. The van der Waals surface area contributed by atoms with E-state index in [1.165, 1.54) is 121 Å². The van der Waals surface area contributed by atoms with Gasteiger partial charge in [0.25, 0.3) is 0 Å². The Morgan fingerprint density at radius 3 is 1.55 bits per heavy atom. The van der Waals surface area contributed by atoms with Crippen molar-refractivity contribution in [2.75, 3.05) is 0 Å². The maximum Gasteiger partial charge on any atom is 0.0699 e. The van der Waals surface area contributed by atoms with Crippen LogP contribution in [0.2, 0.25) is 0 Å². The van der Waals surface area contributed by atoms with E-state index in [2.05, 4.69) is 49.5 Å². The topological polar surface area (TPSA) is 14.1 Å². The van der Waals surface area contributed by atoms with Gasteiger partial charge in [-0.05, 0) is 37.8 Å². The molecule has 1 nitrogen and oxygen atoms in total. The number of allylic oxidation sites excluding steroid dienone is 6. The zero-order valence-corrected chi connectivity index (χ0v) is 19.6. The highest BCUT2D eigenvalue weighted by Gasteiger charge is 2.04. The van der Waals surface area contributed by atoms with Crippen molar-refractivity contribution in [2.45, 2.75) is 129 Å². The molecule has 0 aliphatic carbocycles. The van der Waals surface area contributed by atoms with Gasteiger partial charge in [0.05, 0.1) is 5.70 Å². The third-order valence-electron chi connectivity index (χ3n) is 5.79. The molecule has 0 aromatic carbocycles. The van der Waals surface area contributed by atoms with Crippen LogP contribution in [0.4, 0.5) is 0 Å². The van der Waals surface area contributed by atoms with E-state index in [1.807, 2.05) is 6.20 Å². The van der Waals surface area contributed by atoms with E-state index in [4.69, 9.17) is 0 Å². The van der Waals surface area contributed by atoms with Gasteiger partial charge in [-0.1, -0.05) is 122 Å². The fraction of sp³-hybridized carbons (Fsp3) is 0.714. The third-order valence-corrected chi connectivity index (χ3v) is 5.79. The van der Waals surface area contributed by atoms with Crippen molar-refractivity contribution in [3.8, 4) is 0 Å². The normalized spacial score (nSPS) is 14.0. The largest absolute Gasteiger partial charge is 0.256 e. The first-order chi connectivity index (χ1) is 14.4. The molecule has 0 aromatic rings. The van der Waals surface area contributed by atoms with E-state index in [0.29, 0.717) is 0 Å². The predicted molar refractivity (Wildman–Crippen MR) is 131 cm³/mol. The van der Waals surface area contributed by atoms with E-state index in [1.54, 1.807) is 0 Å². The molecule has 165 valence electrons. The molecule has 0 atom stereocenters. The van der Waals surface area contributed by atoms with E-state index < -0.39 is 0 Å². The van der Waals surface area contributed by atoms with Gasteiger partial charge in [-0.25, -0.2) is 0 Å². The summed E-state index contributed by atoms with van der Waals surface area (Å²) in [6.45, 7) is 4.57. The molecule has 0 saturated heterocycles. The van der Waals surface area contributed by atoms with E-state index in [9.17, 15) is 0 Å². The molecule has 1 aliphatic heterocycles. The fourth-order valence-corrected chi connectivity index (χ4v) is 3.84. The quantitative estimate of drug-likeness (QED) is 0.181. The van der Waals surface area contributed by atoms with Crippen LogP contribution in [0.5, 0.6) is 0 Å². The second-order valence-electron chi connectivity index (χ2n) is 8.62. The Morgan fingerprint density at radius 1 is 0.586 bits per heavy atom. The summed E-state index contributed by atoms with van der Waals surface area (Å²) in [5.74, 6) is 0. The lowest BCUT2D eigenvalue weighted by atomic mass is 10.1. The molecule has 0 bridgehead atoms. The van der Waals surface area contributed by atoms with Crippen molar-refractivity contribution in [1.82, 2.24) is 5.32 Å². The lowest BCUT2D eigenvalue weighted by molar-refractivity contribution is 0.577. The van der Waals surface area contributed by atoms with Crippen LogP contribution in [0.3, 0.4) is 0 Å². The molecule has 1 aliphatic rings. The number of hydrogen-bond acceptors (Lipinski definition) is 0. The average molecular weight is 399 g/mol. The predicted octanol–water partition coefficient (Wildman–Crippen LogP) is 9.55. The Kier molecular flexibility index (Phi) is 17.8. The van der Waals surface area contributed by atoms with E-state index in [0.717, 1.165) is 5.70 Å². The van der Waals surface area contributed by atoms with Crippen LogP contribution in [-0.4, -0.2) is 0 Å². The number of hydrogen-bond donors (Lipinski definition) is 0. The first-order valence-corrected chi connectivity index (χ1v) is 12.8. The number of rotatable bonds is 20. The van der Waals surface area contributed by atoms with Crippen LogP contribution >= 0.6 is 0 Å². The maximum atomic E-state index is 4.52. The molecule has 0 saturated carbocycles. The van der Waals surface area contributed by atoms with Crippen LogP contribution < -0.4 is 5.32 Å². The van der Waals surface area contributed by atoms with Crippen LogP contribution in [0.15, 0.2) is 47.9 Å². The molecular formula is C28H48N.